The molecule has 3 saturated carbocycles. The third-order valence-electron chi connectivity index (χ3n) is 9.24. The van der Waals surface area contributed by atoms with Crippen LogP contribution in [0.5, 0.6) is 0 Å². The number of thioether (sulfide) groups is 1. The zero-order chi connectivity index (χ0) is 19.2. The van der Waals surface area contributed by atoms with Crippen LogP contribution in [-0.4, -0.2) is 24.3 Å². The summed E-state index contributed by atoms with van der Waals surface area (Å²) in [5, 5.41) is 0. The Kier molecular flexibility index (Phi) is 5.42. The maximum atomic E-state index is 5.00. The van der Waals surface area contributed by atoms with Crippen molar-refractivity contribution < 1.29 is 0 Å². The highest BCUT2D eigenvalue weighted by Gasteiger charge is 2.59. The number of nitrogens with zero attached hydrogens (tertiary/aromatic N) is 1. The van der Waals surface area contributed by atoms with Gasteiger partial charge in [0.1, 0.15) is 0 Å². The second-order valence-electron chi connectivity index (χ2n) is 10.4. The molecule has 6 atom stereocenters. The Balaban J connectivity index is 1.56. The average Bonchev–Trinajstić information content (AvgIpc) is 3.00. The van der Waals surface area contributed by atoms with Gasteiger partial charge in [0.2, 0.25) is 0 Å². The molecule has 3 fully saturated rings. The third-order valence-corrected chi connectivity index (χ3v) is 9.83. The summed E-state index contributed by atoms with van der Waals surface area (Å²) in [6, 6.07) is 0. The lowest BCUT2D eigenvalue weighted by atomic mass is 9.46. The van der Waals surface area contributed by atoms with E-state index in [0.29, 0.717) is 10.8 Å². The summed E-state index contributed by atoms with van der Waals surface area (Å²) in [6.07, 6.45) is 15.7. The molecular formula is C25H39NS. The number of hydrogen-bond donors (Lipinski definition) is 0. The Morgan fingerprint density at radius 1 is 1.15 bits per heavy atom. The van der Waals surface area contributed by atoms with Crippen LogP contribution in [0.2, 0.25) is 0 Å². The van der Waals surface area contributed by atoms with Gasteiger partial charge in [0.25, 0.3) is 0 Å². The van der Waals surface area contributed by atoms with Crippen LogP contribution >= 0.6 is 11.8 Å². The lowest BCUT2D eigenvalue weighted by Crippen LogP contribution is -2.50. The van der Waals surface area contributed by atoms with Crippen LogP contribution in [0.1, 0.15) is 72.1 Å². The molecule has 0 amide bonds. The van der Waals surface area contributed by atoms with Crippen molar-refractivity contribution in [3.8, 4) is 0 Å². The van der Waals surface area contributed by atoms with E-state index in [9.17, 15) is 0 Å². The second-order valence-corrected chi connectivity index (χ2v) is 11.3. The quantitative estimate of drug-likeness (QED) is 0.377. The van der Waals surface area contributed by atoms with E-state index in [1.807, 2.05) is 11.8 Å². The van der Waals surface area contributed by atoms with Crippen molar-refractivity contribution >= 4 is 17.5 Å². The Labute approximate surface area is 171 Å². The minimum atomic E-state index is 0.463. The van der Waals surface area contributed by atoms with Crippen LogP contribution in [0.15, 0.2) is 28.8 Å². The minimum absolute atomic E-state index is 0.463. The minimum Gasteiger partial charge on any atom is -0.293 e. The molecule has 2 unspecified atom stereocenters. The SMILES string of the molecule is C=C1C=C2CC[C@@H]3C(CC[C@@]4(C)C3CC[C@@H]4C(C)=NCCSC)[C@@]2(C)CC1. The zero-order valence-corrected chi connectivity index (χ0v) is 18.8. The molecule has 0 aliphatic heterocycles. The predicted molar refractivity (Wildman–Crippen MR) is 121 cm³/mol. The van der Waals surface area contributed by atoms with Gasteiger partial charge in [0, 0.05) is 23.9 Å². The average molecular weight is 386 g/mol. The van der Waals surface area contributed by atoms with Crippen LogP contribution in [0, 0.1) is 34.5 Å². The van der Waals surface area contributed by atoms with Gasteiger partial charge in [0.05, 0.1) is 0 Å². The van der Waals surface area contributed by atoms with Gasteiger partial charge in [-0.15, -0.1) is 0 Å². The molecule has 27 heavy (non-hydrogen) atoms. The van der Waals surface area contributed by atoms with Gasteiger partial charge in [-0.3, -0.25) is 4.99 Å². The fraction of sp³-hybridized carbons (Fsp3) is 0.800. The van der Waals surface area contributed by atoms with E-state index in [0.717, 1.165) is 36.0 Å². The standard InChI is InChI=1S/C25H39NS/c1-17-10-12-24(3)19(16-17)6-7-20-22-9-8-21(18(2)26-14-15-27-5)25(22,4)13-11-23(20)24/h16,20-23H,1,6-15H2,2-5H3/t20-,21+,22?,23?,24-,25+/m0/s1. The van der Waals surface area contributed by atoms with Gasteiger partial charge in [0.15, 0.2) is 0 Å². The van der Waals surface area contributed by atoms with E-state index < -0.39 is 0 Å². The summed E-state index contributed by atoms with van der Waals surface area (Å²) >= 11 is 1.91. The van der Waals surface area contributed by atoms with E-state index in [1.165, 1.54) is 62.7 Å². The van der Waals surface area contributed by atoms with E-state index in [4.69, 9.17) is 4.99 Å². The molecule has 0 heterocycles. The molecular weight excluding hydrogens is 346 g/mol. The van der Waals surface area contributed by atoms with E-state index >= 15 is 0 Å². The van der Waals surface area contributed by atoms with Crippen LogP contribution in [0.25, 0.3) is 0 Å². The van der Waals surface area contributed by atoms with Crippen molar-refractivity contribution in [3.05, 3.63) is 23.8 Å². The molecule has 0 spiro atoms. The van der Waals surface area contributed by atoms with Gasteiger partial charge in [-0.1, -0.05) is 37.6 Å². The second kappa shape index (κ2) is 7.39. The van der Waals surface area contributed by atoms with Crippen molar-refractivity contribution in [1.29, 1.82) is 0 Å². The maximum Gasteiger partial charge on any atom is 0.0479 e. The third kappa shape index (κ3) is 3.18. The van der Waals surface area contributed by atoms with Gasteiger partial charge in [-0.25, -0.2) is 0 Å². The molecule has 1 nitrogen and oxygen atoms in total. The Bertz CT molecular complexity index is 661. The van der Waals surface area contributed by atoms with E-state index in [2.05, 4.69) is 39.7 Å². The van der Waals surface area contributed by atoms with E-state index in [1.54, 1.807) is 5.57 Å². The number of allylic oxidation sites excluding steroid dienone is 3. The van der Waals surface area contributed by atoms with E-state index in [-0.39, 0.29) is 0 Å². The first-order valence-electron chi connectivity index (χ1n) is 11.3. The summed E-state index contributed by atoms with van der Waals surface area (Å²) in [5.74, 6) is 4.68. The highest BCUT2D eigenvalue weighted by atomic mass is 32.2. The zero-order valence-electron chi connectivity index (χ0n) is 18.0. The summed E-state index contributed by atoms with van der Waals surface area (Å²) < 4.78 is 0. The largest absolute Gasteiger partial charge is 0.293 e. The first kappa shape index (κ1) is 19.8. The molecule has 0 aromatic carbocycles. The topological polar surface area (TPSA) is 12.4 Å². The lowest BCUT2D eigenvalue weighted by Gasteiger charge is -2.58. The molecule has 2 heteroatoms. The summed E-state index contributed by atoms with van der Waals surface area (Å²) in [7, 11) is 0. The van der Waals surface area contributed by atoms with Crippen molar-refractivity contribution in [2.45, 2.75) is 72.1 Å². The Morgan fingerprint density at radius 3 is 2.74 bits per heavy atom. The first-order chi connectivity index (χ1) is 12.9. The summed E-state index contributed by atoms with van der Waals surface area (Å²) in [6.45, 7) is 12.9. The van der Waals surface area contributed by atoms with Crippen molar-refractivity contribution in [2.75, 3.05) is 18.6 Å². The van der Waals surface area contributed by atoms with Gasteiger partial charge in [-0.2, -0.15) is 11.8 Å². The molecule has 4 aliphatic rings. The van der Waals surface area contributed by atoms with Crippen LogP contribution < -0.4 is 0 Å². The Morgan fingerprint density at radius 2 is 1.96 bits per heavy atom. The number of hydrogen-bond acceptors (Lipinski definition) is 2. The highest BCUT2D eigenvalue weighted by molar-refractivity contribution is 7.98. The van der Waals surface area contributed by atoms with Crippen LogP contribution in [0.3, 0.4) is 0 Å². The summed E-state index contributed by atoms with van der Waals surface area (Å²) in [5.41, 5.74) is 5.55. The van der Waals surface area contributed by atoms with Crippen LogP contribution in [0.4, 0.5) is 0 Å². The molecule has 0 N–H and O–H groups in total. The van der Waals surface area contributed by atoms with Gasteiger partial charge >= 0.3 is 0 Å². The van der Waals surface area contributed by atoms with Crippen molar-refractivity contribution in [3.63, 3.8) is 0 Å². The Hall–Kier alpha value is -0.500. The molecule has 4 rings (SSSR count). The number of fused-ring (bicyclic) bond motifs is 5. The maximum absolute atomic E-state index is 5.00. The molecule has 0 saturated heterocycles. The lowest BCUT2D eigenvalue weighted by molar-refractivity contribution is -0.0417. The molecule has 0 aromatic heterocycles. The smallest absolute Gasteiger partial charge is 0.0479 e. The normalized spacial score (nSPS) is 44.4. The van der Waals surface area contributed by atoms with Gasteiger partial charge in [-0.05, 0) is 93.1 Å². The predicted octanol–water partition coefficient (Wildman–Crippen LogP) is 6.95. The van der Waals surface area contributed by atoms with Crippen molar-refractivity contribution in [1.82, 2.24) is 0 Å². The summed E-state index contributed by atoms with van der Waals surface area (Å²) in [4.78, 5) is 5.00. The fourth-order valence-electron chi connectivity index (χ4n) is 7.76. The fourth-order valence-corrected chi connectivity index (χ4v) is 8.03. The highest BCUT2D eigenvalue weighted by Crippen LogP contribution is 2.67. The van der Waals surface area contributed by atoms with Gasteiger partial charge < -0.3 is 0 Å². The molecule has 0 aromatic rings. The van der Waals surface area contributed by atoms with Crippen LogP contribution in [-0.2, 0) is 0 Å². The number of aliphatic imine (C=N–C) groups is 1. The number of rotatable bonds is 4. The monoisotopic (exact) mass is 385 g/mol. The molecule has 4 aliphatic carbocycles. The molecule has 150 valence electrons. The molecule has 0 bridgehead atoms. The van der Waals surface area contributed by atoms with Crippen molar-refractivity contribution in [2.24, 2.45) is 39.5 Å². The molecule has 0 radical (unpaired) electrons. The first-order valence-corrected chi connectivity index (χ1v) is 12.7.